The second-order valence-electron chi connectivity index (χ2n) is 4.76. The Kier molecular flexibility index (Phi) is 6.22. The van der Waals surface area contributed by atoms with E-state index in [1.807, 2.05) is 24.3 Å². The first kappa shape index (κ1) is 15.5. The van der Waals surface area contributed by atoms with Gasteiger partial charge >= 0.3 is 0 Å². The number of para-hydroxylation sites is 1. The summed E-state index contributed by atoms with van der Waals surface area (Å²) < 4.78 is 11.2. The minimum atomic E-state index is 0.494. The molecule has 2 aromatic rings. The molecule has 5 nitrogen and oxygen atoms in total. The van der Waals surface area contributed by atoms with Gasteiger partial charge in [0.25, 0.3) is 0 Å². The van der Waals surface area contributed by atoms with Crippen molar-refractivity contribution in [2.75, 3.05) is 31.7 Å². The standard InChI is InChI=1S/C16H23N3O2/c1-3-9-17-16-18-14-8-6-5-7-13(14)15(19-16)21-12-11-20-10-4-2/h5-8H,3-4,9-12H2,1-2H3,(H,17,18,19). The maximum Gasteiger partial charge on any atom is 0.226 e. The van der Waals surface area contributed by atoms with Crippen molar-refractivity contribution >= 4 is 16.9 Å². The van der Waals surface area contributed by atoms with Crippen LogP contribution in [0.15, 0.2) is 24.3 Å². The summed E-state index contributed by atoms with van der Waals surface area (Å²) in [7, 11) is 0. The van der Waals surface area contributed by atoms with Crippen LogP contribution in [0.1, 0.15) is 26.7 Å². The summed E-state index contributed by atoms with van der Waals surface area (Å²) in [5.74, 6) is 1.22. The molecule has 0 atom stereocenters. The average molecular weight is 289 g/mol. The normalized spacial score (nSPS) is 10.8. The number of anilines is 1. The molecule has 0 radical (unpaired) electrons. The number of ether oxygens (including phenoxy) is 2. The number of fused-ring (bicyclic) bond motifs is 1. The molecule has 0 saturated heterocycles. The number of hydrogen-bond acceptors (Lipinski definition) is 5. The number of benzene rings is 1. The Morgan fingerprint density at radius 3 is 2.67 bits per heavy atom. The third kappa shape index (κ3) is 4.56. The molecule has 0 aliphatic heterocycles. The van der Waals surface area contributed by atoms with Crippen molar-refractivity contribution in [3.8, 4) is 5.88 Å². The highest BCUT2D eigenvalue weighted by Gasteiger charge is 2.08. The topological polar surface area (TPSA) is 56.3 Å². The Morgan fingerprint density at radius 2 is 1.86 bits per heavy atom. The van der Waals surface area contributed by atoms with Gasteiger partial charge in [-0.3, -0.25) is 0 Å². The Labute approximate surface area is 125 Å². The first-order chi connectivity index (χ1) is 10.3. The second-order valence-corrected chi connectivity index (χ2v) is 4.76. The monoisotopic (exact) mass is 289 g/mol. The lowest BCUT2D eigenvalue weighted by Gasteiger charge is -2.11. The molecule has 0 bridgehead atoms. The zero-order valence-electron chi connectivity index (χ0n) is 12.8. The van der Waals surface area contributed by atoms with Gasteiger partial charge in [0.1, 0.15) is 6.61 Å². The van der Waals surface area contributed by atoms with Gasteiger partial charge in [0.15, 0.2) is 0 Å². The number of rotatable bonds is 9. The lowest BCUT2D eigenvalue weighted by atomic mass is 10.2. The Bertz CT molecular complexity index is 560. The predicted octanol–water partition coefficient (Wildman–Crippen LogP) is 3.26. The van der Waals surface area contributed by atoms with Gasteiger partial charge in [0.2, 0.25) is 11.8 Å². The minimum Gasteiger partial charge on any atom is -0.475 e. The Hall–Kier alpha value is -1.88. The van der Waals surface area contributed by atoms with E-state index in [9.17, 15) is 0 Å². The molecule has 0 unspecified atom stereocenters. The molecule has 21 heavy (non-hydrogen) atoms. The van der Waals surface area contributed by atoms with Crippen molar-refractivity contribution in [2.24, 2.45) is 0 Å². The van der Waals surface area contributed by atoms with Crippen molar-refractivity contribution in [3.63, 3.8) is 0 Å². The third-order valence-corrected chi connectivity index (χ3v) is 2.92. The van der Waals surface area contributed by atoms with Crippen LogP contribution in [-0.4, -0.2) is 36.3 Å². The van der Waals surface area contributed by atoms with Crippen molar-refractivity contribution in [1.82, 2.24) is 9.97 Å². The molecule has 5 heteroatoms. The van der Waals surface area contributed by atoms with Gasteiger partial charge in [-0.2, -0.15) is 4.98 Å². The summed E-state index contributed by atoms with van der Waals surface area (Å²) in [6, 6.07) is 7.87. The van der Waals surface area contributed by atoms with Gasteiger partial charge in [-0.1, -0.05) is 26.0 Å². The summed E-state index contributed by atoms with van der Waals surface area (Å²) >= 11 is 0. The molecule has 114 valence electrons. The van der Waals surface area contributed by atoms with E-state index in [0.29, 0.717) is 25.0 Å². The highest BCUT2D eigenvalue weighted by Crippen LogP contribution is 2.23. The highest BCUT2D eigenvalue weighted by molar-refractivity contribution is 5.84. The molecule has 0 fully saturated rings. The van der Waals surface area contributed by atoms with Gasteiger partial charge in [0.05, 0.1) is 17.5 Å². The molecule has 1 aromatic carbocycles. The summed E-state index contributed by atoms with van der Waals surface area (Å²) in [5, 5.41) is 4.13. The minimum absolute atomic E-state index is 0.494. The van der Waals surface area contributed by atoms with Gasteiger partial charge in [0, 0.05) is 13.2 Å². The van der Waals surface area contributed by atoms with Crippen LogP contribution >= 0.6 is 0 Å². The van der Waals surface area contributed by atoms with E-state index in [0.717, 1.165) is 36.9 Å². The van der Waals surface area contributed by atoms with Crippen LogP contribution in [0.4, 0.5) is 5.95 Å². The number of nitrogens with zero attached hydrogens (tertiary/aromatic N) is 2. The number of aromatic nitrogens is 2. The maximum atomic E-state index is 5.77. The first-order valence-corrected chi connectivity index (χ1v) is 7.56. The average Bonchev–Trinajstić information content (AvgIpc) is 2.52. The number of nitrogens with one attached hydrogen (secondary N) is 1. The van der Waals surface area contributed by atoms with Crippen molar-refractivity contribution in [1.29, 1.82) is 0 Å². The van der Waals surface area contributed by atoms with E-state index in [2.05, 4.69) is 29.1 Å². The third-order valence-electron chi connectivity index (χ3n) is 2.92. The van der Waals surface area contributed by atoms with Crippen LogP contribution < -0.4 is 10.1 Å². The van der Waals surface area contributed by atoms with Crippen LogP contribution in [0.25, 0.3) is 10.9 Å². The van der Waals surface area contributed by atoms with Gasteiger partial charge < -0.3 is 14.8 Å². The molecule has 0 amide bonds. The quantitative estimate of drug-likeness (QED) is 0.718. The molecule has 2 rings (SSSR count). The van der Waals surface area contributed by atoms with Crippen molar-refractivity contribution < 1.29 is 9.47 Å². The van der Waals surface area contributed by atoms with Crippen LogP contribution in [0.3, 0.4) is 0 Å². The number of hydrogen-bond donors (Lipinski definition) is 1. The summed E-state index contributed by atoms with van der Waals surface area (Å²) in [6.07, 6.45) is 2.04. The lowest BCUT2D eigenvalue weighted by Crippen LogP contribution is -2.10. The molecule has 0 aliphatic carbocycles. The smallest absolute Gasteiger partial charge is 0.226 e. The zero-order chi connectivity index (χ0) is 14.9. The van der Waals surface area contributed by atoms with E-state index in [-0.39, 0.29) is 0 Å². The SMILES string of the molecule is CCCNc1nc(OCCOCCC)c2ccccc2n1. The van der Waals surface area contributed by atoms with E-state index in [1.165, 1.54) is 0 Å². The maximum absolute atomic E-state index is 5.77. The second kappa shape index (κ2) is 8.42. The van der Waals surface area contributed by atoms with E-state index in [4.69, 9.17) is 9.47 Å². The fourth-order valence-electron chi connectivity index (χ4n) is 1.92. The van der Waals surface area contributed by atoms with Gasteiger partial charge in [-0.05, 0) is 25.0 Å². The van der Waals surface area contributed by atoms with E-state index in [1.54, 1.807) is 0 Å². The van der Waals surface area contributed by atoms with Crippen molar-refractivity contribution in [3.05, 3.63) is 24.3 Å². The molecular formula is C16H23N3O2. The fourth-order valence-corrected chi connectivity index (χ4v) is 1.92. The Morgan fingerprint density at radius 1 is 1.00 bits per heavy atom. The van der Waals surface area contributed by atoms with Crippen molar-refractivity contribution in [2.45, 2.75) is 26.7 Å². The zero-order valence-corrected chi connectivity index (χ0v) is 12.8. The molecule has 0 spiro atoms. The largest absolute Gasteiger partial charge is 0.475 e. The first-order valence-electron chi connectivity index (χ1n) is 7.56. The molecule has 1 heterocycles. The molecular weight excluding hydrogens is 266 g/mol. The lowest BCUT2D eigenvalue weighted by molar-refractivity contribution is 0.0996. The molecule has 1 aromatic heterocycles. The van der Waals surface area contributed by atoms with Crippen LogP contribution in [0.5, 0.6) is 5.88 Å². The fraction of sp³-hybridized carbons (Fsp3) is 0.500. The Balaban J connectivity index is 2.11. The van der Waals surface area contributed by atoms with E-state index >= 15 is 0 Å². The molecule has 1 N–H and O–H groups in total. The summed E-state index contributed by atoms with van der Waals surface area (Å²) in [6.45, 7) is 6.87. The van der Waals surface area contributed by atoms with E-state index < -0.39 is 0 Å². The van der Waals surface area contributed by atoms with Crippen LogP contribution in [0.2, 0.25) is 0 Å². The molecule has 0 aliphatic rings. The summed E-state index contributed by atoms with van der Waals surface area (Å²) in [5.41, 5.74) is 0.885. The van der Waals surface area contributed by atoms with Gasteiger partial charge in [-0.15, -0.1) is 0 Å². The predicted molar refractivity (Wildman–Crippen MR) is 84.9 cm³/mol. The van der Waals surface area contributed by atoms with Crippen LogP contribution in [0, 0.1) is 0 Å². The summed E-state index contributed by atoms with van der Waals surface area (Å²) in [4.78, 5) is 8.95. The molecule has 0 saturated carbocycles. The van der Waals surface area contributed by atoms with Crippen LogP contribution in [-0.2, 0) is 4.74 Å². The van der Waals surface area contributed by atoms with Gasteiger partial charge in [-0.25, -0.2) is 4.98 Å². The highest BCUT2D eigenvalue weighted by atomic mass is 16.5.